The van der Waals surface area contributed by atoms with Crippen molar-refractivity contribution >= 4 is 11.6 Å². The molecule has 128 valence electrons. The van der Waals surface area contributed by atoms with Crippen molar-refractivity contribution in [1.82, 2.24) is 9.38 Å². The van der Waals surface area contributed by atoms with Gasteiger partial charge in [-0.1, -0.05) is 18.2 Å². The largest absolute Gasteiger partial charge is 0.482 e. The third kappa shape index (κ3) is 4.23. The first-order chi connectivity index (χ1) is 12.0. The highest BCUT2D eigenvalue weighted by Crippen LogP contribution is 2.12. The van der Waals surface area contributed by atoms with Gasteiger partial charge in [-0.15, -0.1) is 0 Å². The topological polar surface area (TPSA) is 69.9 Å². The number of pyridine rings is 1. The number of carbonyl (C=O) groups excluding carboxylic acids is 1. The van der Waals surface area contributed by atoms with E-state index in [0.29, 0.717) is 17.1 Å². The molecule has 0 N–H and O–H groups in total. The molecule has 0 bridgehead atoms. The maximum Gasteiger partial charge on any atom is 0.344 e. The molecule has 0 aliphatic rings. The lowest BCUT2D eigenvalue weighted by Crippen LogP contribution is -2.18. The van der Waals surface area contributed by atoms with Crippen LogP contribution in [0, 0.1) is 13.8 Å². The highest BCUT2D eigenvalue weighted by atomic mass is 16.6. The van der Waals surface area contributed by atoms with E-state index in [1.807, 2.05) is 38.1 Å². The monoisotopic (exact) mass is 338 g/mol. The predicted octanol–water partition coefficient (Wildman–Crippen LogP) is 2.43. The average Bonchev–Trinajstić information content (AvgIpc) is 2.59. The second-order valence-corrected chi connectivity index (χ2v) is 5.79. The Morgan fingerprint density at radius 3 is 2.76 bits per heavy atom. The van der Waals surface area contributed by atoms with Crippen molar-refractivity contribution < 1.29 is 14.3 Å². The number of aryl methyl sites for hydroxylation is 2. The van der Waals surface area contributed by atoms with Gasteiger partial charge in [0.1, 0.15) is 18.0 Å². The van der Waals surface area contributed by atoms with E-state index in [0.717, 1.165) is 11.1 Å². The molecule has 0 unspecified atom stereocenters. The van der Waals surface area contributed by atoms with Crippen molar-refractivity contribution in [3.63, 3.8) is 0 Å². The van der Waals surface area contributed by atoms with Gasteiger partial charge < -0.3 is 9.47 Å². The summed E-state index contributed by atoms with van der Waals surface area (Å²) in [6, 6.07) is 12.4. The maximum atomic E-state index is 12.1. The fourth-order valence-corrected chi connectivity index (χ4v) is 2.38. The molecular formula is C19H18N2O4. The van der Waals surface area contributed by atoms with Gasteiger partial charge in [0.15, 0.2) is 6.61 Å². The number of fused-ring (bicyclic) bond motifs is 1. The second-order valence-electron chi connectivity index (χ2n) is 5.79. The Bertz CT molecular complexity index is 979. The zero-order chi connectivity index (χ0) is 17.8. The molecule has 25 heavy (non-hydrogen) atoms. The average molecular weight is 338 g/mol. The third-order valence-electron chi connectivity index (χ3n) is 3.59. The van der Waals surface area contributed by atoms with Crippen LogP contribution in [0.5, 0.6) is 5.75 Å². The first-order valence-electron chi connectivity index (χ1n) is 7.85. The summed E-state index contributed by atoms with van der Waals surface area (Å²) in [6.45, 7) is 3.57. The number of hydrogen-bond acceptors (Lipinski definition) is 5. The fourth-order valence-electron chi connectivity index (χ4n) is 2.38. The van der Waals surface area contributed by atoms with E-state index >= 15 is 0 Å². The summed E-state index contributed by atoms with van der Waals surface area (Å²) in [5, 5.41) is 0. The van der Waals surface area contributed by atoms with Crippen LogP contribution < -0.4 is 10.3 Å². The Kier molecular flexibility index (Phi) is 4.79. The van der Waals surface area contributed by atoms with Crippen LogP contribution in [0.15, 0.2) is 53.5 Å². The van der Waals surface area contributed by atoms with E-state index in [1.165, 1.54) is 10.5 Å². The molecule has 3 rings (SSSR count). The van der Waals surface area contributed by atoms with E-state index in [9.17, 15) is 9.59 Å². The Hall–Kier alpha value is -3.15. The van der Waals surface area contributed by atoms with Crippen LogP contribution in [-0.2, 0) is 16.1 Å². The summed E-state index contributed by atoms with van der Waals surface area (Å²) in [7, 11) is 0. The molecule has 0 radical (unpaired) electrons. The van der Waals surface area contributed by atoms with Gasteiger partial charge in [0.2, 0.25) is 0 Å². The minimum atomic E-state index is -0.521. The van der Waals surface area contributed by atoms with Crippen LogP contribution in [0.1, 0.15) is 16.8 Å². The molecule has 0 saturated heterocycles. The zero-order valence-electron chi connectivity index (χ0n) is 14.1. The quantitative estimate of drug-likeness (QED) is 0.668. The molecule has 0 amide bonds. The fraction of sp³-hybridized carbons (Fsp3) is 0.211. The minimum absolute atomic E-state index is 0.0738. The van der Waals surface area contributed by atoms with Crippen LogP contribution in [0.3, 0.4) is 0 Å². The second kappa shape index (κ2) is 7.17. The summed E-state index contributed by atoms with van der Waals surface area (Å²) in [5.41, 5.74) is 2.71. The standard InChI is InChI=1S/C19H18N2O4/c1-13-4-3-5-16(8-13)24-12-19(23)25-11-15-9-18(22)21-10-14(2)6-7-17(21)20-15/h3-10H,11-12H2,1-2H3. The van der Waals surface area contributed by atoms with Crippen LogP contribution in [-0.4, -0.2) is 22.0 Å². The van der Waals surface area contributed by atoms with Crippen LogP contribution in [0.2, 0.25) is 0 Å². The molecular weight excluding hydrogens is 320 g/mol. The van der Waals surface area contributed by atoms with E-state index in [4.69, 9.17) is 9.47 Å². The van der Waals surface area contributed by atoms with Crippen LogP contribution >= 0.6 is 0 Å². The summed E-state index contributed by atoms with van der Waals surface area (Å²) in [6.07, 6.45) is 1.72. The Morgan fingerprint density at radius 1 is 1.12 bits per heavy atom. The van der Waals surface area contributed by atoms with Gasteiger partial charge in [0, 0.05) is 12.3 Å². The summed E-state index contributed by atoms with van der Waals surface area (Å²) in [4.78, 5) is 28.2. The molecule has 0 fully saturated rings. The molecule has 0 aliphatic carbocycles. The van der Waals surface area contributed by atoms with Gasteiger partial charge in [0.05, 0.1) is 5.69 Å². The van der Waals surface area contributed by atoms with Gasteiger partial charge in [0.25, 0.3) is 5.56 Å². The number of esters is 1. The van der Waals surface area contributed by atoms with E-state index < -0.39 is 5.97 Å². The Balaban J connectivity index is 1.61. The summed E-state index contributed by atoms with van der Waals surface area (Å²) >= 11 is 0. The predicted molar refractivity (Wildman–Crippen MR) is 92.7 cm³/mol. The highest BCUT2D eigenvalue weighted by Gasteiger charge is 2.08. The molecule has 0 aliphatic heterocycles. The lowest BCUT2D eigenvalue weighted by molar-refractivity contribution is -0.147. The molecule has 0 saturated carbocycles. The minimum Gasteiger partial charge on any atom is -0.482 e. The molecule has 2 heterocycles. The first kappa shape index (κ1) is 16.7. The van der Waals surface area contributed by atoms with Gasteiger partial charge in [-0.3, -0.25) is 9.20 Å². The van der Waals surface area contributed by atoms with Crippen molar-refractivity contribution in [2.75, 3.05) is 6.61 Å². The van der Waals surface area contributed by atoms with Crippen LogP contribution in [0.25, 0.3) is 5.65 Å². The van der Waals surface area contributed by atoms with Crippen LogP contribution in [0.4, 0.5) is 0 Å². The zero-order valence-corrected chi connectivity index (χ0v) is 14.1. The third-order valence-corrected chi connectivity index (χ3v) is 3.59. The van der Waals surface area contributed by atoms with E-state index in [2.05, 4.69) is 4.98 Å². The van der Waals surface area contributed by atoms with Gasteiger partial charge in [-0.2, -0.15) is 0 Å². The number of rotatable bonds is 5. The lowest BCUT2D eigenvalue weighted by atomic mass is 10.2. The van der Waals surface area contributed by atoms with E-state index in [1.54, 1.807) is 18.3 Å². The van der Waals surface area contributed by atoms with Crippen molar-refractivity contribution in [3.8, 4) is 5.75 Å². The SMILES string of the molecule is Cc1cccc(OCC(=O)OCc2cc(=O)n3cc(C)ccc3n2)c1. The molecule has 6 heteroatoms. The maximum absolute atomic E-state index is 12.1. The van der Waals surface area contributed by atoms with E-state index in [-0.39, 0.29) is 18.8 Å². The Labute approximate surface area is 144 Å². The molecule has 3 aromatic rings. The van der Waals surface area contributed by atoms with Crippen molar-refractivity contribution in [2.24, 2.45) is 0 Å². The summed E-state index contributed by atoms with van der Waals surface area (Å²) < 4.78 is 12.0. The Morgan fingerprint density at radius 2 is 1.96 bits per heavy atom. The number of hydrogen-bond donors (Lipinski definition) is 0. The smallest absolute Gasteiger partial charge is 0.344 e. The van der Waals surface area contributed by atoms with Crippen molar-refractivity contribution in [2.45, 2.75) is 20.5 Å². The van der Waals surface area contributed by atoms with Gasteiger partial charge in [-0.05, 0) is 43.2 Å². The van der Waals surface area contributed by atoms with Crippen molar-refractivity contribution in [1.29, 1.82) is 0 Å². The van der Waals surface area contributed by atoms with Gasteiger partial charge in [-0.25, -0.2) is 9.78 Å². The normalized spacial score (nSPS) is 10.6. The molecule has 0 atom stereocenters. The molecule has 6 nitrogen and oxygen atoms in total. The number of ether oxygens (including phenoxy) is 2. The molecule has 1 aromatic carbocycles. The summed E-state index contributed by atoms with van der Waals surface area (Å²) in [5.74, 6) is 0.0850. The number of benzene rings is 1. The van der Waals surface area contributed by atoms with Gasteiger partial charge >= 0.3 is 5.97 Å². The number of nitrogens with zero attached hydrogens (tertiary/aromatic N) is 2. The van der Waals surface area contributed by atoms with Crippen molar-refractivity contribution in [3.05, 3.63) is 75.8 Å². The molecule has 0 spiro atoms. The molecule has 2 aromatic heterocycles. The highest BCUT2D eigenvalue weighted by molar-refractivity contribution is 5.71. The lowest BCUT2D eigenvalue weighted by Gasteiger charge is -2.08. The number of carbonyl (C=O) groups is 1. The number of aromatic nitrogens is 2. The first-order valence-corrected chi connectivity index (χ1v) is 7.85.